The van der Waals surface area contributed by atoms with Crippen molar-refractivity contribution < 1.29 is 14.7 Å². The molecule has 1 aromatic carbocycles. The summed E-state index contributed by atoms with van der Waals surface area (Å²) in [5.74, 6) is -1.15. The molecule has 1 amide bonds. The summed E-state index contributed by atoms with van der Waals surface area (Å²) in [5.41, 5.74) is 3.17. The van der Waals surface area contributed by atoms with Crippen LogP contribution < -0.4 is 5.01 Å². The Balaban J connectivity index is 2.30. The third-order valence-corrected chi connectivity index (χ3v) is 2.64. The number of benzene rings is 1. The topological polar surface area (TPSA) is 70.0 Å². The zero-order chi connectivity index (χ0) is 13.3. The average Bonchev–Trinajstić information content (AvgIpc) is 2.56. The monoisotopic (exact) mass is 246 g/mol. The van der Waals surface area contributed by atoms with Crippen LogP contribution in [0.25, 0.3) is 0 Å². The van der Waals surface area contributed by atoms with Gasteiger partial charge in [-0.05, 0) is 37.1 Å². The highest BCUT2D eigenvalue weighted by Gasteiger charge is 2.26. The van der Waals surface area contributed by atoms with Gasteiger partial charge in [0, 0.05) is 0 Å². The van der Waals surface area contributed by atoms with E-state index in [1.54, 1.807) is 0 Å². The van der Waals surface area contributed by atoms with Crippen LogP contribution in [0.15, 0.2) is 23.3 Å². The van der Waals surface area contributed by atoms with E-state index in [1.165, 1.54) is 5.01 Å². The van der Waals surface area contributed by atoms with Crippen molar-refractivity contribution in [3.63, 3.8) is 0 Å². The van der Waals surface area contributed by atoms with Crippen molar-refractivity contribution in [3.05, 3.63) is 29.3 Å². The third kappa shape index (κ3) is 2.56. The van der Waals surface area contributed by atoms with Crippen molar-refractivity contribution >= 4 is 23.3 Å². The molecular formula is C13H14N2O3. The Labute approximate surface area is 105 Å². The summed E-state index contributed by atoms with van der Waals surface area (Å²) in [6.45, 7) is 3.89. The van der Waals surface area contributed by atoms with Gasteiger partial charge in [0.2, 0.25) is 0 Å². The predicted molar refractivity (Wildman–Crippen MR) is 67.7 cm³/mol. The number of aryl methyl sites for hydroxylation is 2. The van der Waals surface area contributed by atoms with Crippen LogP contribution in [0.4, 0.5) is 5.69 Å². The number of carboxylic acids is 1. The molecule has 0 unspecified atom stereocenters. The van der Waals surface area contributed by atoms with Gasteiger partial charge in [0.1, 0.15) is 0 Å². The summed E-state index contributed by atoms with van der Waals surface area (Å²) in [6, 6.07) is 5.72. The normalized spacial score (nSPS) is 14.9. The molecule has 94 valence electrons. The van der Waals surface area contributed by atoms with Crippen LogP contribution in [0.3, 0.4) is 0 Å². The second kappa shape index (κ2) is 4.60. The molecule has 0 aliphatic carbocycles. The largest absolute Gasteiger partial charge is 0.481 e. The number of amides is 1. The zero-order valence-corrected chi connectivity index (χ0v) is 10.3. The summed E-state index contributed by atoms with van der Waals surface area (Å²) in [6.07, 6.45) is -0.105. The van der Waals surface area contributed by atoms with Crippen LogP contribution in [0.2, 0.25) is 0 Å². The Morgan fingerprint density at radius 2 is 1.94 bits per heavy atom. The van der Waals surface area contributed by atoms with Crippen LogP contribution in [0, 0.1) is 13.8 Å². The number of hydrazone groups is 1. The number of rotatable bonds is 3. The Bertz CT molecular complexity index is 529. The lowest BCUT2D eigenvalue weighted by molar-refractivity contribution is -0.135. The highest BCUT2D eigenvalue weighted by atomic mass is 16.4. The number of hydrogen-bond donors (Lipinski definition) is 1. The smallest absolute Gasteiger partial charge is 0.309 e. The lowest BCUT2D eigenvalue weighted by Crippen LogP contribution is -2.19. The van der Waals surface area contributed by atoms with Crippen LogP contribution in [-0.2, 0) is 9.59 Å². The fraction of sp³-hybridized carbons (Fsp3) is 0.308. The minimum Gasteiger partial charge on any atom is -0.481 e. The van der Waals surface area contributed by atoms with Crippen LogP contribution in [0.1, 0.15) is 24.0 Å². The summed E-state index contributed by atoms with van der Waals surface area (Å²) >= 11 is 0. The van der Waals surface area contributed by atoms with E-state index in [4.69, 9.17) is 5.11 Å². The number of aliphatic carboxylic acids is 1. The molecular weight excluding hydrogens is 232 g/mol. The second-order valence-corrected chi connectivity index (χ2v) is 4.46. The molecule has 0 radical (unpaired) electrons. The van der Waals surface area contributed by atoms with Crippen molar-refractivity contribution in [1.29, 1.82) is 0 Å². The zero-order valence-electron chi connectivity index (χ0n) is 10.3. The molecule has 5 heteroatoms. The second-order valence-electron chi connectivity index (χ2n) is 4.46. The molecule has 0 atom stereocenters. The maximum Gasteiger partial charge on any atom is 0.309 e. The van der Waals surface area contributed by atoms with Gasteiger partial charge in [0.05, 0.1) is 24.2 Å². The first kappa shape index (κ1) is 12.3. The summed E-state index contributed by atoms with van der Waals surface area (Å²) in [5, 5.41) is 14.1. The molecule has 1 aliphatic heterocycles. The first-order chi connectivity index (χ1) is 8.45. The van der Waals surface area contributed by atoms with Crippen LogP contribution in [0.5, 0.6) is 0 Å². The van der Waals surface area contributed by atoms with Gasteiger partial charge < -0.3 is 5.11 Å². The molecule has 0 aromatic heterocycles. The molecule has 1 aliphatic rings. The highest BCUT2D eigenvalue weighted by molar-refractivity contribution is 6.16. The van der Waals surface area contributed by atoms with Crippen molar-refractivity contribution in [2.75, 3.05) is 5.01 Å². The molecule has 1 heterocycles. The molecule has 1 N–H and O–H groups in total. The quantitative estimate of drug-likeness (QED) is 0.885. The van der Waals surface area contributed by atoms with Gasteiger partial charge in [0.15, 0.2) is 0 Å². The van der Waals surface area contributed by atoms with Crippen molar-refractivity contribution in [1.82, 2.24) is 0 Å². The van der Waals surface area contributed by atoms with E-state index < -0.39 is 5.97 Å². The van der Waals surface area contributed by atoms with Gasteiger partial charge in [-0.2, -0.15) is 5.10 Å². The summed E-state index contributed by atoms with van der Waals surface area (Å²) < 4.78 is 0. The predicted octanol–water partition coefficient (Wildman–Crippen LogP) is 1.87. The molecule has 0 bridgehead atoms. The number of carbonyl (C=O) groups is 2. The maximum atomic E-state index is 11.8. The van der Waals surface area contributed by atoms with Gasteiger partial charge in [0.25, 0.3) is 5.91 Å². The van der Waals surface area contributed by atoms with Crippen molar-refractivity contribution in [2.24, 2.45) is 5.10 Å². The van der Waals surface area contributed by atoms with Gasteiger partial charge in [-0.3, -0.25) is 9.59 Å². The van der Waals surface area contributed by atoms with Gasteiger partial charge in [-0.15, -0.1) is 0 Å². The Kier molecular flexibility index (Phi) is 3.14. The number of hydrogen-bond acceptors (Lipinski definition) is 3. The van der Waals surface area contributed by atoms with E-state index in [1.807, 2.05) is 32.0 Å². The molecule has 1 aromatic rings. The first-order valence-corrected chi connectivity index (χ1v) is 5.65. The Morgan fingerprint density at radius 1 is 1.33 bits per heavy atom. The van der Waals surface area contributed by atoms with E-state index in [2.05, 4.69) is 5.10 Å². The lowest BCUT2D eigenvalue weighted by atomic mass is 10.1. The van der Waals surface area contributed by atoms with E-state index >= 15 is 0 Å². The minimum atomic E-state index is -0.969. The average molecular weight is 246 g/mol. The first-order valence-electron chi connectivity index (χ1n) is 5.65. The number of carbonyl (C=O) groups excluding carboxylic acids is 1. The maximum absolute atomic E-state index is 11.8. The fourth-order valence-corrected chi connectivity index (χ4v) is 2.03. The number of nitrogens with zero attached hydrogens (tertiary/aromatic N) is 2. The van der Waals surface area contributed by atoms with E-state index in [-0.39, 0.29) is 18.7 Å². The molecule has 0 fully saturated rings. The van der Waals surface area contributed by atoms with Gasteiger partial charge in [-0.1, -0.05) is 6.07 Å². The lowest BCUT2D eigenvalue weighted by Gasteiger charge is -2.13. The molecule has 0 saturated heterocycles. The van der Waals surface area contributed by atoms with E-state index in [0.29, 0.717) is 11.4 Å². The van der Waals surface area contributed by atoms with E-state index in [9.17, 15) is 9.59 Å². The minimum absolute atomic E-state index is 0.0826. The highest BCUT2D eigenvalue weighted by Crippen LogP contribution is 2.23. The third-order valence-electron chi connectivity index (χ3n) is 2.64. The number of anilines is 1. The molecule has 0 spiro atoms. The summed E-state index contributed by atoms with van der Waals surface area (Å²) in [7, 11) is 0. The van der Waals surface area contributed by atoms with Crippen LogP contribution >= 0.6 is 0 Å². The summed E-state index contributed by atoms with van der Waals surface area (Å²) in [4.78, 5) is 22.4. The van der Waals surface area contributed by atoms with E-state index in [0.717, 1.165) is 11.1 Å². The Hall–Kier alpha value is -2.17. The number of carboxylic acid groups (broad SMARTS) is 1. The molecule has 0 saturated carbocycles. The molecule has 5 nitrogen and oxygen atoms in total. The van der Waals surface area contributed by atoms with Crippen LogP contribution in [-0.4, -0.2) is 22.7 Å². The fourth-order valence-electron chi connectivity index (χ4n) is 2.03. The van der Waals surface area contributed by atoms with Crippen molar-refractivity contribution in [2.45, 2.75) is 26.7 Å². The molecule has 18 heavy (non-hydrogen) atoms. The molecule has 2 rings (SSSR count). The van der Waals surface area contributed by atoms with Crippen molar-refractivity contribution in [3.8, 4) is 0 Å². The SMILES string of the molecule is Cc1cc(C)cc(N2N=C(CC(=O)O)CC2=O)c1. The Morgan fingerprint density at radius 3 is 2.50 bits per heavy atom. The van der Waals surface area contributed by atoms with Gasteiger partial charge >= 0.3 is 5.97 Å². The standard InChI is InChI=1S/C13H14N2O3/c1-8-3-9(2)5-11(4-8)15-12(16)6-10(14-15)7-13(17)18/h3-5H,6-7H2,1-2H3,(H,17,18). The van der Waals surface area contributed by atoms with Gasteiger partial charge in [-0.25, -0.2) is 5.01 Å².